The van der Waals surface area contributed by atoms with Crippen LogP contribution in [-0.4, -0.2) is 31.0 Å². The average molecular weight is 301 g/mol. The number of halogens is 2. The number of ether oxygens (including phenoxy) is 2. The van der Waals surface area contributed by atoms with Gasteiger partial charge in [-0.2, -0.15) is 8.78 Å². The number of alkyl halides is 2. The Balaban J connectivity index is 1.97. The summed E-state index contributed by atoms with van der Waals surface area (Å²) in [4.78, 5) is 0. The third-order valence-corrected chi connectivity index (χ3v) is 3.77. The maximum absolute atomic E-state index is 12.5. The average Bonchev–Trinajstić information content (AvgIpc) is 2.47. The number of methoxy groups -OCH3 is 1. The first-order valence-electron chi connectivity index (χ1n) is 7.11. The zero-order chi connectivity index (χ0) is 15.2. The van der Waals surface area contributed by atoms with Gasteiger partial charge in [0, 0.05) is 24.2 Å². The fourth-order valence-corrected chi connectivity index (χ4v) is 2.55. The molecule has 6 heteroatoms. The molecule has 1 saturated carbocycles. The molecule has 1 aromatic carbocycles. The standard InChI is InChI=1S/C15H21F2NO3/c1-20-13-7-2-10(14(8-13)21-15(16)17)9-18-11-3-5-12(19)6-4-11/h2,7-8,11-12,15,18-19H,3-6,9H2,1H3. The van der Waals surface area contributed by atoms with Gasteiger partial charge in [-0.1, -0.05) is 6.07 Å². The molecule has 0 spiro atoms. The monoisotopic (exact) mass is 301 g/mol. The predicted octanol–water partition coefficient (Wildman–Crippen LogP) is 2.69. The molecular weight excluding hydrogens is 280 g/mol. The fraction of sp³-hybridized carbons (Fsp3) is 0.600. The fourth-order valence-electron chi connectivity index (χ4n) is 2.55. The van der Waals surface area contributed by atoms with Gasteiger partial charge in [0.25, 0.3) is 0 Å². The molecule has 2 rings (SSSR count). The maximum atomic E-state index is 12.5. The first kappa shape index (κ1) is 16.0. The van der Waals surface area contributed by atoms with Crippen molar-refractivity contribution in [1.29, 1.82) is 0 Å². The van der Waals surface area contributed by atoms with Gasteiger partial charge in [0.05, 0.1) is 13.2 Å². The molecular formula is C15H21F2NO3. The number of rotatable bonds is 6. The summed E-state index contributed by atoms with van der Waals surface area (Å²) in [7, 11) is 1.48. The molecule has 0 unspecified atom stereocenters. The van der Waals surface area contributed by atoms with E-state index in [1.165, 1.54) is 13.2 Å². The van der Waals surface area contributed by atoms with Crippen LogP contribution in [0.4, 0.5) is 8.78 Å². The van der Waals surface area contributed by atoms with E-state index in [2.05, 4.69) is 10.1 Å². The minimum Gasteiger partial charge on any atom is -0.497 e. The summed E-state index contributed by atoms with van der Waals surface area (Å²) in [6.07, 6.45) is 3.13. The Bertz CT molecular complexity index is 449. The second kappa shape index (κ2) is 7.56. The lowest BCUT2D eigenvalue weighted by atomic mass is 9.93. The molecule has 21 heavy (non-hydrogen) atoms. The Morgan fingerprint density at radius 3 is 2.62 bits per heavy atom. The Kier molecular flexibility index (Phi) is 5.76. The van der Waals surface area contributed by atoms with E-state index in [0.717, 1.165) is 25.7 Å². The van der Waals surface area contributed by atoms with Crippen LogP contribution in [0.2, 0.25) is 0 Å². The van der Waals surface area contributed by atoms with E-state index in [9.17, 15) is 13.9 Å². The van der Waals surface area contributed by atoms with Gasteiger partial charge in [-0.05, 0) is 31.7 Å². The van der Waals surface area contributed by atoms with E-state index in [1.807, 2.05) is 0 Å². The van der Waals surface area contributed by atoms with Crippen molar-refractivity contribution in [2.75, 3.05) is 7.11 Å². The van der Waals surface area contributed by atoms with E-state index in [-0.39, 0.29) is 11.9 Å². The first-order valence-corrected chi connectivity index (χ1v) is 7.11. The van der Waals surface area contributed by atoms with Gasteiger partial charge in [0.2, 0.25) is 0 Å². The molecule has 0 aliphatic heterocycles. The van der Waals surface area contributed by atoms with Crippen LogP contribution in [0.15, 0.2) is 18.2 Å². The van der Waals surface area contributed by atoms with Gasteiger partial charge >= 0.3 is 6.61 Å². The van der Waals surface area contributed by atoms with Crippen molar-refractivity contribution in [3.05, 3.63) is 23.8 Å². The molecule has 1 aliphatic carbocycles. The summed E-state index contributed by atoms with van der Waals surface area (Å²) < 4.78 is 34.5. The summed E-state index contributed by atoms with van der Waals surface area (Å²) in [6, 6.07) is 5.21. The van der Waals surface area contributed by atoms with Crippen molar-refractivity contribution in [2.45, 2.75) is 51.0 Å². The smallest absolute Gasteiger partial charge is 0.387 e. The lowest BCUT2D eigenvalue weighted by molar-refractivity contribution is -0.0506. The zero-order valence-electron chi connectivity index (χ0n) is 12.0. The molecule has 0 radical (unpaired) electrons. The first-order chi connectivity index (χ1) is 10.1. The largest absolute Gasteiger partial charge is 0.497 e. The lowest BCUT2D eigenvalue weighted by Crippen LogP contribution is -2.34. The summed E-state index contributed by atoms with van der Waals surface area (Å²) in [5.41, 5.74) is 0.669. The molecule has 1 fully saturated rings. The Morgan fingerprint density at radius 1 is 1.29 bits per heavy atom. The van der Waals surface area contributed by atoms with Crippen LogP contribution in [0, 0.1) is 0 Å². The minimum atomic E-state index is -2.86. The molecule has 4 nitrogen and oxygen atoms in total. The molecule has 2 N–H and O–H groups in total. The number of hydrogen-bond acceptors (Lipinski definition) is 4. The Labute approximate surface area is 123 Å². The van der Waals surface area contributed by atoms with Gasteiger partial charge in [0.1, 0.15) is 11.5 Å². The topological polar surface area (TPSA) is 50.7 Å². The number of aliphatic hydroxyl groups is 1. The predicted molar refractivity (Wildman–Crippen MR) is 74.7 cm³/mol. The molecule has 0 aromatic heterocycles. The second-order valence-corrected chi connectivity index (χ2v) is 5.24. The van der Waals surface area contributed by atoms with Gasteiger partial charge in [-0.25, -0.2) is 0 Å². The van der Waals surface area contributed by atoms with Crippen LogP contribution >= 0.6 is 0 Å². The molecule has 0 heterocycles. The van der Waals surface area contributed by atoms with Crippen LogP contribution in [-0.2, 0) is 6.54 Å². The quantitative estimate of drug-likeness (QED) is 0.848. The third kappa shape index (κ3) is 4.82. The summed E-state index contributed by atoms with van der Waals surface area (Å²) in [5, 5.41) is 12.8. The van der Waals surface area contributed by atoms with Gasteiger partial charge < -0.3 is 19.9 Å². The number of aliphatic hydroxyl groups excluding tert-OH is 1. The van der Waals surface area contributed by atoms with Crippen LogP contribution in [0.3, 0.4) is 0 Å². The molecule has 0 amide bonds. The van der Waals surface area contributed by atoms with Crippen molar-refractivity contribution in [1.82, 2.24) is 5.32 Å². The van der Waals surface area contributed by atoms with E-state index < -0.39 is 6.61 Å². The minimum absolute atomic E-state index is 0.132. The second-order valence-electron chi connectivity index (χ2n) is 5.24. The maximum Gasteiger partial charge on any atom is 0.387 e. The van der Waals surface area contributed by atoms with Crippen molar-refractivity contribution >= 4 is 0 Å². The third-order valence-electron chi connectivity index (χ3n) is 3.77. The molecule has 0 atom stereocenters. The van der Waals surface area contributed by atoms with Crippen LogP contribution in [0.25, 0.3) is 0 Å². The number of benzene rings is 1. The highest BCUT2D eigenvalue weighted by molar-refractivity contribution is 5.40. The molecule has 0 saturated heterocycles. The van der Waals surface area contributed by atoms with Crippen LogP contribution in [0.5, 0.6) is 11.5 Å². The molecule has 1 aromatic rings. The highest BCUT2D eigenvalue weighted by Crippen LogP contribution is 2.27. The normalized spacial score (nSPS) is 22.3. The van der Waals surface area contributed by atoms with Crippen molar-refractivity contribution < 1.29 is 23.4 Å². The van der Waals surface area contributed by atoms with E-state index in [0.29, 0.717) is 23.9 Å². The zero-order valence-corrected chi connectivity index (χ0v) is 12.0. The number of nitrogens with one attached hydrogen (secondary N) is 1. The molecule has 118 valence electrons. The van der Waals surface area contributed by atoms with E-state index in [1.54, 1.807) is 12.1 Å². The van der Waals surface area contributed by atoms with E-state index in [4.69, 9.17) is 4.74 Å². The van der Waals surface area contributed by atoms with E-state index >= 15 is 0 Å². The SMILES string of the molecule is COc1ccc(CNC2CCC(O)CC2)c(OC(F)F)c1. The van der Waals surface area contributed by atoms with Crippen molar-refractivity contribution in [3.63, 3.8) is 0 Å². The highest BCUT2D eigenvalue weighted by Gasteiger charge is 2.19. The van der Waals surface area contributed by atoms with Crippen molar-refractivity contribution in [2.24, 2.45) is 0 Å². The molecule has 0 bridgehead atoms. The lowest BCUT2D eigenvalue weighted by Gasteiger charge is -2.26. The van der Waals surface area contributed by atoms with Crippen molar-refractivity contribution in [3.8, 4) is 11.5 Å². The van der Waals surface area contributed by atoms with Gasteiger partial charge in [-0.3, -0.25) is 0 Å². The Morgan fingerprint density at radius 2 is 2.00 bits per heavy atom. The summed E-state index contributed by atoms with van der Waals surface area (Å²) in [5.74, 6) is 0.614. The van der Waals surface area contributed by atoms with Gasteiger partial charge in [0.15, 0.2) is 0 Å². The summed E-state index contributed by atoms with van der Waals surface area (Å²) in [6.45, 7) is -2.41. The molecule has 1 aliphatic rings. The Hall–Kier alpha value is -1.40. The highest BCUT2D eigenvalue weighted by atomic mass is 19.3. The number of hydrogen-bond donors (Lipinski definition) is 2. The van der Waals surface area contributed by atoms with Gasteiger partial charge in [-0.15, -0.1) is 0 Å². The summed E-state index contributed by atoms with van der Waals surface area (Å²) >= 11 is 0. The van der Waals surface area contributed by atoms with Crippen LogP contribution in [0.1, 0.15) is 31.2 Å². The van der Waals surface area contributed by atoms with Crippen LogP contribution < -0.4 is 14.8 Å².